The molecule has 0 amide bonds. The van der Waals surface area contributed by atoms with Crippen LogP contribution in [-0.4, -0.2) is 82.9 Å². The van der Waals surface area contributed by atoms with Gasteiger partial charge in [-0.3, -0.25) is 18.4 Å². The van der Waals surface area contributed by atoms with E-state index in [9.17, 15) is 27.8 Å². The van der Waals surface area contributed by atoms with E-state index in [4.69, 9.17) is 14.0 Å². The highest BCUT2D eigenvalue weighted by Gasteiger charge is 2.22. The standard InChI is InChI=1S/C44H86F2NO7P/c1-47(2,3)38-39-55(50,51)53-41-42(54-44(49)35-31-27-23-19-15-11-7-5-9-13-17-21-25-29-33-37-46)40-52-43(48)34-30-26-22-18-14-10-6-4-8-12-16-20-24-28-32-36-45/h42H,4-41H2,1-3H3. The monoisotopic (exact) mass is 810 g/mol. The van der Waals surface area contributed by atoms with Crippen molar-refractivity contribution in [2.45, 2.75) is 212 Å². The molecule has 11 heteroatoms. The van der Waals surface area contributed by atoms with E-state index in [2.05, 4.69) is 0 Å². The van der Waals surface area contributed by atoms with Crippen molar-refractivity contribution < 1.29 is 46.3 Å². The summed E-state index contributed by atoms with van der Waals surface area (Å²) in [4.78, 5) is 37.7. The number of nitrogens with zero attached hydrogens (tertiary/aromatic N) is 1. The Labute approximate surface area is 337 Å². The van der Waals surface area contributed by atoms with Crippen LogP contribution in [0.4, 0.5) is 8.78 Å². The summed E-state index contributed by atoms with van der Waals surface area (Å²) in [6.07, 6.45) is 33.1. The van der Waals surface area contributed by atoms with Crippen molar-refractivity contribution in [1.82, 2.24) is 0 Å². The largest absolute Gasteiger partial charge is 0.778 e. The van der Waals surface area contributed by atoms with Crippen LogP contribution in [0.25, 0.3) is 0 Å². The zero-order valence-electron chi connectivity index (χ0n) is 36.0. The molecule has 328 valence electrons. The molecule has 0 aliphatic carbocycles. The average molecular weight is 810 g/mol. The number of carbonyl (C=O) groups excluding carboxylic acids is 2. The van der Waals surface area contributed by atoms with Gasteiger partial charge < -0.3 is 27.9 Å². The number of ether oxygens (including phenoxy) is 2. The molecule has 2 unspecified atom stereocenters. The Balaban J connectivity index is 4.22. The van der Waals surface area contributed by atoms with E-state index in [1.165, 1.54) is 103 Å². The summed E-state index contributed by atoms with van der Waals surface area (Å²) in [5.74, 6) is -0.805. The number of halogens is 2. The summed E-state index contributed by atoms with van der Waals surface area (Å²) < 4.78 is 53.5. The number of hydrogen-bond acceptors (Lipinski definition) is 7. The highest BCUT2D eigenvalue weighted by Crippen LogP contribution is 2.37. The molecule has 0 fully saturated rings. The zero-order chi connectivity index (χ0) is 40.7. The zero-order valence-corrected chi connectivity index (χ0v) is 36.8. The maximum absolute atomic E-state index is 12.7. The van der Waals surface area contributed by atoms with Crippen LogP contribution in [-0.2, 0) is 28.2 Å². The number of hydrogen-bond donors (Lipinski definition) is 0. The van der Waals surface area contributed by atoms with Gasteiger partial charge in [-0.25, -0.2) is 0 Å². The van der Waals surface area contributed by atoms with Gasteiger partial charge in [0.15, 0.2) is 6.10 Å². The molecule has 0 aromatic heterocycles. The van der Waals surface area contributed by atoms with Crippen LogP contribution >= 0.6 is 7.60 Å². The molecule has 0 heterocycles. The number of carbonyl (C=O) groups is 2. The van der Waals surface area contributed by atoms with Gasteiger partial charge in [0.2, 0.25) is 0 Å². The summed E-state index contributed by atoms with van der Waals surface area (Å²) in [5, 5.41) is 0. The number of unbranched alkanes of at least 4 members (excludes halogenated alkanes) is 28. The highest BCUT2D eigenvalue weighted by molar-refractivity contribution is 7.51. The van der Waals surface area contributed by atoms with Gasteiger partial charge in [0.25, 0.3) is 0 Å². The molecule has 8 nitrogen and oxygen atoms in total. The van der Waals surface area contributed by atoms with Crippen molar-refractivity contribution >= 4 is 19.5 Å². The van der Waals surface area contributed by atoms with Crippen molar-refractivity contribution in [1.29, 1.82) is 0 Å². The van der Waals surface area contributed by atoms with Gasteiger partial charge >= 0.3 is 11.9 Å². The lowest BCUT2D eigenvalue weighted by atomic mass is 10.0. The molecule has 0 N–H and O–H groups in total. The van der Waals surface area contributed by atoms with Crippen LogP contribution in [0.3, 0.4) is 0 Å². The molecule has 0 bridgehead atoms. The molecule has 0 radical (unpaired) electrons. The molecule has 0 aliphatic heterocycles. The van der Waals surface area contributed by atoms with E-state index in [-0.39, 0.29) is 51.5 Å². The first-order valence-corrected chi connectivity index (χ1v) is 24.4. The van der Waals surface area contributed by atoms with Crippen LogP contribution in [0, 0.1) is 0 Å². The first-order valence-electron chi connectivity index (χ1n) is 22.7. The van der Waals surface area contributed by atoms with Crippen LogP contribution in [0.2, 0.25) is 0 Å². The fourth-order valence-corrected chi connectivity index (χ4v) is 7.99. The third kappa shape index (κ3) is 42.3. The number of alkyl halides is 2. The van der Waals surface area contributed by atoms with Gasteiger partial charge in [-0.05, 0) is 25.7 Å². The Bertz CT molecular complexity index is 921. The van der Waals surface area contributed by atoms with Crippen LogP contribution in [0.15, 0.2) is 0 Å². The number of rotatable bonds is 43. The highest BCUT2D eigenvalue weighted by atomic mass is 31.2. The topological polar surface area (TPSA) is 102 Å². The SMILES string of the molecule is C[N+](C)(C)CCP(=O)([O-])OCC(COC(=O)CCCCCCCCCCCCCCCCCF)OC(=O)CCCCCCCCCCCCCCCCCF. The van der Waals surface area contributed by atoms with Crippen LogP contribution in [0.1, 0.15) is 205 Å². The Morgan fingerprint density at radius 2 is 0.818 bits per heavy atom. The number of esters is 2. The molecule has 0 aliphatic rings. The lowest BCUT2D eigenvalue weighted by Crippen LogP contribution is -2.38. The van der Waals surface area contributed by atoms with Gasteiger partial charge in [0.1, 0.15) is 14.2 Å². The minimum atomic E-state index is -4.15. The van der Waals surface area contributed by atoms with E-state index in [0.29, 0.717) is 30.3 Å². The molecule has 0 aromatic rings. The van der Waals surface area contributed by atoms with Crippen molar-refractivity contribution in [3.05, 3.63) is 0 Å². The summed E-state index contributed by atoms with van der Waals surface area (Å²) in [7, 11) is 1.56. The van der Waals surface area contributed by atoms with Crippen molar-refractivity contribution in [2.24, 2.45) is 0 Å². The molecule has 0 saturated heterocycles. The third-order valence-electron chi connectivity index (χ3n) is 10.3. The fourth-order valence-electron chi connectivity index (χ4n) is 6.63. The smallest absolute Gasteiger partial charge is 0.306 e. The molecule has 0 aromatic carbocycles. The summed E-state index contributed by atoms with van der Waals surface area (Å²) >= 11 is 0. The number of quaternary nitrogens is 1. The van der Waals surface area contributed by atoms with E-state index < -0.39 is 19.7 Å². The molecular weight excluding hydrogens is 723 g/mol. The quantitative estimate of drug-likeness (QED) is 0.0261. The summed E-state index contributed by atoms with van der Waals surface area (Å²) in [6.45, 7) is -0.574. The normalized spacial score (nSPS) is 13.5. The van der Waals surface area contributed by atoms with Crippen molar-refractivity contribution in [2.75, 3.05) is 60.4 Å². The maximum Gasteiger partial charge on any atom is 0.306 e. The molecule has 55 heavy (non-hydrogen) atoms. The Morgan fingerprint density at radius 1 is 0.509 bits per heavy atom. The second-order valence-corrected chi connectivity index (χ2v) is 18.9. The second kappa shape index (κ2) is 38.4. The molecule has 0 rings (SSSR count). The van der Waals surface area contributed by atoms with E-state index in [0.717, 1.165) is 70.6 Å². The predicted octanol–water partition coefficient (Wildman–Crippen LogP) is 12.1. The van der Waals surface area contributed by atoms with Crippen LogP contribution in [0.5, 0.6) is 0 Å². The van der Waals surface area contributed by atoms with Gasteiger partial charge in [0.05, 0.1) is 53.8 Å². The van der Waals surface area contributed by atoms with Gasteiger partial charge in [0, 0.05) is 12.8 Å². The van der Waals surface area contributed by atoms with Gasteiger partial charge in [-0.15, -0.1) is 0 Å². The minimum absolute atomic E-state index is 0.134. The lowest BCUT2D eigenvalue weighted by Gasteiger charge is -2.30. The summed E-state index contributed by atoms with van der Waals surface area (Å²) in [5.41, 5.74) is 0. The van der Waals surface area contributed by atoms with E-state index in [1.807, 2.05) is 21.1 Å². The van der Waals surface area contributed by atoms with Crippen molar-refractivity contribution in [3.63, 3.8) is 0 Å². The van der Waals surface area contributed by atoms with E-state index >= 15 is 0 Å². The van der Waals surface area contributed by atoms with E-state index in [1.54, 1.807) is 0 Å². The average Bonchev–Trinajstić information content (AvgIpc) is 3.14. The molecule has 2 atom stereocenters. The Morgan fingerprint density at radius 3 is 1.15 bits per heavy atom. The maximum atomic E-state index is 12.7. The van der Waals surface area contributed by atoms with Gasteiger partial charge in [-0.1, -0.05) is 167 Å². The minimum Gasteiger partial charge on any atom is -0.778 e. The van der Waals surface area contributed by atoms with Crippen molar-refractivity contribution in [3.8, 4) is 0 Å². The Kier molecular flexibility index (Phi) is 37.7. The molecule has 0 saturated carbocycles. The predicted molar refractivity (Wildman–Crippen MR) is 222 cm³/mol. The summed E-state index contributed by atoms with van der Waals surface area (Å²) in [6, 6.07) is 0. The third-order valence-corrected chi connectivity index (χ3v) is 11.5. The fraction of sp³-hybridized carbons (Fsp3) is 0.955. The second-order valence-electron chi connectivity index (χ2n) is 16.9. The Hall–Kier alpha value is -1.09. The lowest BCUT2D eigenvalue weighted by molar-refractivity contribution is -0.868. The van der Waals surface area contributed by atoms with Crippen LogP contribution < -0.4 is 4.89 Å². The molecule has 0 spiro atoms. The van der Waals surface area contributed by atoms with Gasteiger partial charge in [-0.2, -0.15) is 0 Å². The first kappa shape index (κ1) is 53.9. The molecular formula is C44H86F2NO7P. The first-order chi connectivity index (χ1) is 26.5.